The molecule has 0 saturated heterocycles. The number of pyridine rings is 1. The molecule has 2 aromatic rings. The smallest absolute Gasteiger partial charge is 0.284 e. The molecule has 1 aromatic heterocycles. The second-order valence-electron chi connectivity index (χ2n) is 4.53. The number of aromatic amines is 1. The lowest BCUT2D eigenvalue weighted by molar-refractivity contribution is -0.410. The van der Waals surface area contributed by atoms with E-state index in [1.165, 1.54) is 6.07 Å². The van der Waals surface area contributed by atoms with E-state index in [1.807, 2.05) is 12.1 Å². The van der Waals surface area contributed by atoms with Crippen LogP contribution in [0.2, 0.25) is 0 Å². The van der Waals surface area contributed by atoms with E-state index in [-0.39, 0.29) is 22.7 Å². The van der Waals surface area contributed by atoms with Crippen LogP contribution in [0.4, 0.5) is 11.5 Å². The SMILES string of the molecule is N#Cc1cc(C(=O)Nc2ccccc2)c(N)[nH+]c1SCC(N)=O. The number of benzene rings is 1. The molecule has 0 unspecified atom stereocenters. The van der Waals surface area contributed by atoms with Gasteiger partial charge in [-0.1, -0.05) is 30.0 Å². The summed E-state index contributed by atoms with van der Waals surface area (Å²) in [4.78, 5) is 25.9. The molecule has 0 aliphatic carbocycles. The zero-order valence-electron chi connectivity index (χ0n) is 12.0. The Morgan fingerprint density at radius 2 is 2.00 bits per heavy atom. The summed E-state index contributed by atoms with van der Waals surface area (Å²) in [6.45, 7) is 0. The number of nitrogens with one attached hydrogen (secondary N) is 2. The van der Waals surface area contributed by atoms with Crippen LogP contribution in [0.15, 0.2) is 41.4 Å². The fraction of sp³-hybridized carbons (Fsp3) is 0.0667. The summed E-state index contributed by atoms with van der Waals surface area (Å²) in [6.07, 6.45) is 0. The third-order valence-corrected chi connectivity index (χ3v) is 3.87. The maximum atomic E-state index is 12.3. The van der Waals surface area contributed by atoms with E-state index >= 15 is 0 Å². The lowest BCUT2D eigenvalue weighted by Crippen LogP contribution is -2.24. The Balaban J connectivity index is 2.27. The fourth-order valence-electron chi connectivity index (χ4n) is 1.79. The van der Waals surface area contributed by atoms with Crippen LogP contribution in [-0.2, 0) is 4.79 Å². The van der Waals surface area contributed by atoms with E-state index < -0.39 is 11.8 Å². The highest BCUT2D eigenvalue weighted by atomic mass is 32.2. The largest absolute Gasteiger partial charge is 0.369 e. The third-order valence-electron chi connectivity index (χ3n) is 2.83. The van der Waals surface area contributed by atoms with E-state index in [1.54, 1.807) is 24.3 Å². The molecule has 0 atom stereocenters. The van der Waals surface area contributed by atoms with Gasteiger partial charge in [0.2, 0.25) is 5.91 Å². The first kappa shape index (κ1) is 16.3. The Kier molecular flexibility index (Phi) is 5.17. The van der Waals surface area contributed by atoms with Crippen molar-refractivity contribution in [2.24, 2.45) is 5.73 Å². The van der Waals surface area contributed by atoms with Gasteiger partial charge < -0.3 is 11.1 Å². The number of rotatable bonds is 5. The number of nitrogen functional groups attached to an aromatic ring is 1. The van der Waals surface area contributed by atoms with Crippen molar-refractivity contribution >= 4 is 35.1 Å². The summed E-state index contributed by atoms with van der Waals surface area (Å²) in [5, 5.41) is 12.3. The van der Waals surface area contributed by atoms with Crippen molar-refractivity contribution in [1.29, 1.82) is 5.26 Å². The Morgan fingerprint density at radius 1 is 1.30 bits per heavy atom. The topological polar surface area (TPSA) is 136 Å². The van der Waals surface area contributed by atoms with Gasteiger partial charge in [0, 0.05) is 5.69 Å². The molecule has 0 bridgehead atoms. The number of nitrogens with zero attached hydrogens (tertiary/aromatic N) is 1. The van der Waals surface area contributed by atoms with Crippen LogP contribution in [0, 0.1) is 11.3 Å². The molecule has 7 nitrogen and oxygen atoms in total. The van der Waals surface area contributed by atoms with Crippen LogP contribution in [-0.4, -0.2) is 17.6 Å². The lowest BCUT2D eigenvalue weighted by atomic mass is 10.2. The van der Waals surface area contributed by atoms with Crippen LogP contribution >= 0.6 is 11.8 Å². The first-order valence-electron chi connectivity index (χ1n) is 6.54. The van der Waals surface area contributed by atoms with Crippen molar-refractivity contribution in [3.8, 4) is 6.07 Å². The molecule has 2 rings (SSSR count). The van der Waals surface area contributed by atoms with Gasteiger partial charge in [-0.25, -0.2) is 4.98 Å². The van der Waals surface area contributed by atoms with E-state index in [0.717, 1.165) is 11.8 Å². The molecule has 116 valence electrons. The number of hydrogen-bond donors (Lipinski definition) is 3. The van der Waals surface area contributed by atoms with Crippen LogP contribution in [0.3, 0.4) is 0 Å². The monoisotopic (exact) mass is 328 g/mol. The van der Waals surface area contributed by atoms with Crippen molar-refractivity contribution < 1.29 is 14.6 Å². The molecule has 0 saturated carbocycles. The van der Waals surface area contributed by atoms with Crippen molar-refractivity contribution in [3.05, 3.63) is 47.5 Å². The van der Waals surface area contributed by atoms with Gasteiger partial charge in [-0.3, -0.25) is 15.3 Å². The number of aromatic nitrogens is 1. The molecular formula is C15H14N5O2S+. The maximum Gasteiger partial charge on any atom is 0.284 e. The standard InChI is InChI=1S/C15H13N5O2S/c16-7-9-6-11(13(18)20-15(9)23-8-12(17)21)14(22)19-10-4-2-1-3-5-10/h1-6H,8H2,(H2,17,21)(H2,18,20)(H,19,22)/p+1. The minimum atomic E-state index is -0.517. The molecular weight excluding hydrogens is 314 g/mol. The van der Waals surface area contributed by atoms with Gasteiger partial charge in [-0.2, -0.15) is 5.26 Å². The summed E-state index contributed by atoms with van der Waals surface area (Å²) in [7, 11) is 0. The third kappa shape index (κ3) is 4.21. The van der Waals surface area contributed by atoms with Gasteiger partial charge in [0.05, 0.1) is 5.75 Å². The Bertz CT molecular complexity index is 786. The number of nitrogens with two attached hydrogens (primary N) is 2. The second kappa shape index (κ2) is 7.29. The number of thioether (sulfide) groups is 1. The van der Waals surface area contributed by atoms with Gasteiger partial charge in [-0.05, 0) is 18.2 Å². The number of anilines is 2. The molecule has 6 N–H and O–H groups in total. The summed E-state index contributed by atoms with van der Waals surface area (Å²) >= 11 is 1.05. The Morgan fingerprint density at radius 3 is 2.61 bits per heavy atom. The normalized spacial score (nSPS) is 9.87. The van der Waals surface area contributed by atoms with Crippen molar-refractivity contribution in [1.82, 2.24) is 0 Å². The van der Waals surface area contributed by atoms with Crippen LogP contribution in [0.1, 0.15) is 15.9 Å². The zero-order valence-corrected chi connectivity index (χ0v) is 12.8. The second-order valence-corrected chi connectivity index (χ2v) is 5.51. The highest BCUT2D eigenvalue weighted by Crippen LogP contribution is 2.21. The van der Waals surface area contributed by atoms with Crippen molar-refractivity contribution in [2.75, 3.05) is 16.8 Å². The quantitative estimate of drug-likeness (QED) is 0.697. The van der Waals surface area contributed by atoms with Gasteiger partial charge in [0.1, 0.15) is 17.2 Å². The summed E-state index contributed by atoms with van der Waals surface area (Å²) in [6, 6.07) is 12.2. The predicted molar refractivity (Wildman–Crippen MR) is 86.4 cm³/mol. The van der Waals surface area contributed by atoms with Crippen LogP contribution in [0.5, 0.6) is 0 Å². The molecule has 0 radical (unpaired) electrons. The van der Waals surface area contributed by atoms with Crippen LogP contribution < -0.4 is 21.8 Å². The first-order valence-corrected chi connectivity index (χ1v) is 7.53. The molecule has 0 aliphatic rings. The lowest BCUT2D eigenvalue weighted by Gasteiger charge is -2.07. The highest BCUT2D eigenvalue weighted by Gasteiger charge is 2.20. The number of nitriles is 1. The molecule has 0 fully saturated rings. The molecule has 1 aromatic carbocycles. The summed E-state index contributed by atoms with van der Waals surface area (Å²) < 4.78 is 0. The van der Waals surface area contributed by atoms with Crippen LogP contribution in [0.25, 0.3) is 0 Å². The predicted octanol–water partition coefficient (Wildman–Crippen LogP) is 0.784. The number of carbonyl (C=O) groups is 2. The van der Waals surface area contributed by atoms with E-state index in [0.29, 0.717) is 10.7 Å². The average Bonchev–Trinajstić information content (AvgIpc) is 2.53. The maximum absolute atomic E-state index is 12.3. The molecule has 1 heterocycles. The fourth-order valence-corrected chi connectivity index (χ4v) is 2.52. The number of carbonyl (C=O) groups excluding carboxylic acids is 2. The zero-order chi connectivity index (χ0) is 16.8. The van der Waals surface area contributed by atoms with E-state index in [9.17, 15) is 14.9 Å². The molecule has 23 heavy (non-hydrogen) atoms. The number of amides is 2. The highest BCUT2D eigenvalue weighted by molar-refractivity contribution is 7.99. The summed E-state index contributed by atoms with van der Waals surface area (Å²) in [5.74, 6) is -0.853. The summed E-state index contributed by atoms with van der Waals surface area (Å²) in [5.41, 5.74) is 11.9. The van der Waals surface area contributed by atoms with Gasteiger partial charge in [0.25, 0.3) is 11.7 Å². The number of primary amides is 1. The number of H-pyrrole nitrogens is 1. The van der Waals surface area contributed by atoms with Gasteiger partial charge >= 0.3 is 0 Å². The number of hydrogen-bond acceptors (Lipinski definition) is 5. The van der Waals surface area contributed by atoms with Crippen molar-refractivity contribution in [3.63, 3.8) is 0 Å². The van der Waals surface area contributed by atoms with Gasteiger partial charge in [-0.15, -0.1) is 0 Å². The van der Waals surface area contributed by atoms with E-state index in [4.69, 9.17) is 11.5 Å². The van der Waals surface area contributed by atoms with Crippen molar-refractivity contribution in [2.45, 2.75) is 5.03 Å². The number of para-hydroxylation sites is 1. The van der Waals surface area contributed by atoms with Gasteiger partial charge in [0.15, 0.2) is 5.03 Å². The molecule has 0 spiro atoms. The minimum absolute atomic E-state index is 0.000177. The molecule has 8 heteroatoms. The molecule has 0 aliphatic heterocycles. The van der Waals surface area contributed by atoms with E-state index in [2.05, 4.69) is 10.3 Å². The Labute approximate surface area is 136 Å². The Hall–Kier alpha value is -3.05. The molecule has 2 amide bonds. The minimum Gasteiger partial charge on any atom is -0.369 e. The first-order chi connectivity index (χ1) is 11.0. The average molecular weight is 328 g/mol.